The van der Waals surface area contributed by atoms with Crippen molar-refractivity contribution in [2.24, 2.45) is 0 Å². The van der Waals surface area contributed by atoms with Gasteiger partial charge < -0.3 is 14.8 Å². The Hall–Kier alpha value is -2.30. The van der Waals surface area contributed by atoms with Crippen LogP contribution in [0.15, 0.2) is 22.8 Å². The second-order valence-electron chi connectivity index (χ2n) is 5.54. The van der Waals surface area contributed by atoms with Crippen molar-refractivity contribution < 1.29 is 19.1 Å². The highest BCUT2D eigenvalue weighted by atomic mass is 16.4. The molecule has 0 fully saturated rings. The van der Waals surface area contributed by atoms with Crippen LogP contribution in [0, 0.1) is 0 Å². The Balaban J connectivity index is 1.81. The molecule has 0 saturated carbocycles. The number of hydrogen-bond acceptors (Lipinski definition) is 3. The van der Waals surface area contributed by atoms with Gasteiger partial charge in [-0.2, -0.15) is 0 Å². The number of amides is 1. The van der Waals surface area contributed by atoms with Crippen molar-refractivity contribution in [3.05, 3.63) is 35.1 Å². The van der Waals surface area contributed by atoms with Crippen LogP contribution in [0.4, 0.5) is 0 Å². The van der Waals surface area contributed by atoms with E-state index in [0.29, 0.717) is 0 Å². The van der Waals surface area contributed by atoms with Gasteiger partial charge in [0.05, 0.1) is 12.7 Å². The summed E-state index contributed by atoms with van der Waals surface area (Å²) in [5.41, 5.74) is 4.25. The molecule has 1 aliphatic rings. The van der Waals surface area contributed by atoms with Crippen LogP contribution >= 0.6 is 0 Å². The Morgan fingerprint density at radius 2 is 2.05 bits per heavy atom. The molecule has 1 aromatic heterocycles. The predicted octanol–water partition coefficient (Wildman–Crippen LogP) is 2.05. The van der Waals surface area contributed by atoms with Crippen molar-refractivity contribution in [2.75, 3.05) is 0 Å². The average molecular weight is 287 g/mol. The summed E-state index contributed by atoms with van der Waals surface area (Å²) in [4.78, 5) is 22.6. The molecule has 110 valence electrons. The molecule has 3 rings (SSSR count). The molecule has 2 N–H and O–H groups in total. The second-order valence-corrected chi connectivity index (χ2v) is 5.54. The van der Waals surface area contributed by atoms with Gasteiger partial charge in [-0.15, -0.1) is 0 Å². The number of carboxylic acid groups (broad SMARTS) is 1. The number of carboxylic acids is 1. The first kappa shape index (κ1) is 13.7. The molecule has 0 spiro atoms. The molecule has 0 radical (unpaired) electrons. The summed E-state index contributed by atoms with van der Waals surface area (Å²) in [7, 11) is 0. The molecule has 1 heterocycles. The van der Waals surface area contributed by atoms with E-state index in [1.165, 1.54) is 18.1 Å². The van der Waals surface area contributed by atoms with Crippen LogP contribution in [-0.4, -0.2) is 23.0 Å². The SMILES string of the molecule is C[C@H](NC(=O)Cc1coc2cc3c(cc12)CCC3)C(=O)O. The van der Waals surface area contributed by atoms with Gasteiger partial charge in [0, 0.05) is 10.9 Å². The van der Waals surface area contributed by atoms with Crippen molar-refractivity contribution in [3.63, 3.8) is 0 Å². The second kappa shape index (κ2) is 5.24. The smallest absolute Gasteiger partial charge is 0.325 e. The number of carbonyl (C=O) groups is 2. The molecular formula is C16H17NO4. The lowest BCUT2D eigenvalue weighted by atomic mass is 10.0. The van der Waals surface area contributed by atoms with E-state index in [1.807, 2.05) is 0 Å². The van der Waals surface area contributed by atoms with E-state index in [9.17, 15) is 9.59 Å². The maximum atomic E-state index is 11.9. The molecule has 0 unspecified atom stereocenters. The Bertz CT molecular complexity index is 716. The molecule has 2 aromatic rings. The zero-order valence-corrected chi connectivity index (χ0v) is 11.8. The summed E-state index contributed by atoms with van der Waals surface area (Å²) in [6, 6.07) is 3.27. The van der Waals surface area contributed by atoms with Crippen LogP contribution < -0.4 is 5.32 Å². The molecule has 1 atom stereocenters. The topological polar surface area (TPSA) is 79.5 Å². The fourth-order valence-electron chi connectivity index (χ4n) is 2.81. The molecule has 0 saturated heterocycles. The molecule has 0 aliphatic heterocycles. The lowest BCUT2D eigenvalue weighted by Crippen LogP contribution is -2.39. The molecule has 5 nitrogen and oxygen atoms in total. The quantitative estimate of drug-likeness (QED) is 0.902. The largest absolute Gasteiger partial charge is 0.480 e. The van der Waals surface area contributed by atoms with Crippen LogP contribution in [0.1, 0.15) is 30.0 Å². The summed E-state index contributed by atoms with van der Waals surface area (Å²) in [6.07, 6.45) is 5.03. The van der Waals surface area contributed by atoms with Crippen LogP contribution in [0.3, 0.4) is 0 Å². The van der Waals surface area contributed by atoms with E-state index < -0.39 is 12.0 Å². The molecule has 21 heavy (non-hydrogen) atoms. The molecule has 1 amide bonds. The summed E-state index contributed by atoms with van der Waals surface area (Å²) in [5, 5.41) is 12.2. The minimum absolute atomic E-state index is 0.128. The van der Waals surface area contributed by atoms with Gasteiger partial charge in [0.2, 0.25) is 5.91 Å². The van der Waals surface area contributed by atoms with Crippen LogP contribution in [-0.2, 0) is 28.9 Å². The fraction of sp³-hybridized carbons (Fsp3) is 0.375. The lowest BCUT2D eigenvalue weighted by Gasteiger charge is -2.08. The van der Waals surface area contributed by atoms with Crippen molar-refractivity contribution in [3.8, 4) is 0 Å². The molecule has 1 aliphatic carbocycles. The first-order valence-electron chi connectivity index (χ1n) is 7.08. The summed E-state index contributed by atoms with van der Waals surface area (Å²) in [6.45, 7) is 1.45. The zero-order valence-electron chi connectivity index (χ0n) is 11.8. The van der Waals surface area contributed by atoms with E-state index in [4.69, 9.17) is 9.52 Å². The average Bonchev–Trinajstić information content (AvgIpc) is 3.03. The highest BCUT2D eigenvalue weighted by Crippen LogP contribution is 2.30. The number of furan rings is 1. The number of benzene rings is 1. The monoisotopic (exact) mass is 287 g/mol. The maximum Gasteiger partial charge on any atom is 0.325 e. The third kappa shape index (κ3) is 2.63. The highest BCUT2D eigenvalue weighted by molar-refractivity contribution is 5.90. The van der Waals surface area contributed by atoms with Gasteiger partial charge in [-0.05, 0) is 49.4 Å². The lowest BCUT2D eigenvalue weighted by molar-refractivity contribution is -0.141. The number of hydrogen-bond donors (Lipinski definition) is 2. The van der Waals surface area contributed by atoms with E-state index in [0.717, 1.165) is 35.8 Å². The fourth-order valence-corrected chi connectivity index (χ4v) is 2.81. The van der Waals surface area contributed by atoms with E-state index in [-0.39, 0.29) is 12.3 Å². The maximum absolute atomic E-state index is 11.9. The summed E-state index contributed by atoms with van der Waals surface area (Å²) >= 11 is 0. The molecule has 1 aromatic carbocycles. The zero-order chi connectivity index (χ0) is 15.0. The number of aliphatic carboxylic acids is 1. The Labute approximate surface area is 121 Å². The Morgan fingerprint density at radius 3 is 2.76 bits per heavy atom. The number of rotatable bonds is 4. The summed E-state index contributed by atoms with van der Waals surface area (Å²) < 4.78 is 5.53. The first-order chi connectivity index (χ1) is 10.0. The molecule has 5 heteroatoms. The third-order valence-corrected chi connectivity index (χ3v) is 3.97. The minimum atomic E-state index is -1.04. The van der Waals surface area contributed by atoms with Gasteiger partial charge in [-0.1, -0.05) is 0 Å². The van der Waals surface area contributed by atoms with Crippen molar-refractivity contribution in [1.82, 2.24) is 5.32 Å². The number of nitrogens with one attached hydrogen (secondary N) is 1. The number of aryl methyl sites for hydroxylation is 2. The van der Waals surface area contributed by atoms with Crippen molar-refractivity contribution in [2.45, 2.75) is 38.6 Å². The highest BCUT2D eigenvalue weighted by Gasteiger charge is 2.18. The van der Waals surface area contributed by atoms with Crippen molar-refractivity contribution in [1.29, 1.82) is 0 Å². The van der Waals surface area contributed by atoms with Crippen LogP contribution in [0.25, 0.3) is 11.0 Å². The van der Waals surface area contributed by atoms with Gasteiger partial charge in [-0.3, -0.25) is 9.59 Å². The van der Waals surface area contributed by atoms with E-state index in [1.54, 1.807) is 6.26 Å². The molecular weight excluding hydrogens is 270 g/mol. The third-order valence-electron chi connectivity index (χ3n) is 3.97. The Kier molecular flexibility index (Phi) is 3.41. The van der Waals surface area contributed by atoms with Gasteiger partial charge in [0.15, 0.2) is 0 Å². The first-order valence-corrected chi connectivity index (χ1v) is 7.08. The Morgan fingerprint density at radius 1 is 1.33 bits per heavy atom. The summed E-state index contributed by atoms with van der Waals surface area (Å²) in [5.74, 6) is -1.36. The predicted molar refractivity (Wildman–Crippen MR) is 77.2 cm³/mol. The van der Waals surface area contributed by atoms with Gasteiger partial charge in [0.25, 0.3) is 0 Å². The van der Waals surface area contributed by atoms with Crippen molar-refractivity contribution >= 4 is 22.8 Å². The van der Waals surface area contributed by atoms with E-state index in [2.05, 4.69) is 17.4 Å². The van der Waals surface area contributed by atoms with E-state index >= 15 is 0 Å². The van der Waals surface area contributed by atoms with Crippen LogP contribution in [0.2, 0.25) is 0 Å². The number of fused-ring (bicyclic) bond motifs is 2. The number of carbonyl (C=O) groups excluding carboxylic acids is 1. The minimum Gasteiger partial charge on any atom is -0.480 e. The van der Waals surface area contributed by atoms with Gasteiger partial charge >= 0.3 is 5.97 Å². The van der Waals surface area contributed by atoms with Gasteiger partial charge in [-0.25, -0.2) is 0 Å². The molecule has 0 bridgehead atoms. The standard InChI is InChI=1S/C16H17NO4/c1-9(16(19)20)17-15(18)7-12-8-21-14-6-11-4-2-3-10(11)5-13(12)14/h5-6,8-9H,2-4,7H2,1H3,(H,17,18)(H,19,20)/t9-/m0/s1. The van der Waals surface area contributed by atoms with Gasteiger partial charge in [0.1, 0.15) is 11.6 Å². The normalized spacial score (nSPS) is 14.9. The van der Waals surface area contributed by atoms with Crippen LogP contribution in [0.5, 0.6) is 0 Å².